The second kappa shape index (κ2) is 4.17. The van der Waals surface area contributed by atoms with Crippen LogP contribution in [0.3, 0.4) is 0 Å². The number of aromatic nitrogens is 1. The molecule has 3 rings (SSSR count). The number of nitrogens with zero attached hydrogens (tertiary/aromatic N) is 3. The molecule has 19 heavy (non-hydrogen) atoms. The van der Waals surface area contributed by atoms with E-state index in [1.54, 1.807) is 0 Å². The first-order chi connectivity index (χ1) is 9.06. The topological polar surface area (TPSA) is 37.3 Å². The number of benzene rings is 1. The largest absolute Gasteiger partial charge is 0.340 e. The maximum Gasteiger partial charge on any atom is 0.195 e. The summed E-state index contributed by atoms with van der Waals surface area (Å²) in [7, 11) is 4.21. The summed E-state index contributed by atoms with van der Waals surface area (Å²) in [5.41, 5.74) is 4.39. The molecule has 96 valence electrons. The predicted molar refractivity (Wildman–Crippen MR) is 80.5 cm³/mol. The van der Waals surface area contributed by atoms with Gasteiger partial charge in [-0.1, -0.05) is 18.2 Å². The molecule has 1 aromatic carbocycles. The Morgan fingerprint density at radius 2 is 1.95 bits per heavy atom. The second-order valence-electron chi connectivity index (χ2n) is 5.28. The molecule has 1 aliphatic rings. The highest BCUT2D eigenvalue weighted by Gasteiger charge is 2.27. The molecule has 1 aromatic heterocycles. The number of para-hydroxylation sites is 1. The van der Waals surface area contributed by atoms with Gasteiger partial charge in [0.1, 0.15) is 11.5 Å². The van der Waals surface area contributed by atoms with Gasteiger partial charge in [0.15, 0.2) is 12.0 Å². The Labute approximate surface area is 113 Å². The maximum atomic E-state index is 4.42. The lowest BCUT2D eigenvalue weighted by Crippen LogP contribution is -2.36. The summed E-state index contributed by atoms with van der Waals surface area (Å²) in [5, 5.41) is 3.36. The number of fused-ring (bicyclic) bond motifs is 1. The van der Waals surface area contributed by atoms with E-state index in [2.05, 4.69) is 54.5 Å². The van der Waals surface area contributed by atoms with Crippen LogP contribution in [0.4, 0.5) is 22.9 Å². The fourth-order valence-corrected chi connectivity index (χ4v) is 2.19. The molecular formula is C15H17N4+. The summed E-state index contributed by atoms with van der Waals surface area (Å²) in [6.45, 7) is 2.08. The molecule has 1 aliphatic heterocycles. The number of quaternary nitrogens is 1. The Hall–Kier alpha value is -2.20. The van der Waals surface area contributed by atoms with Crippen LogP contribution in [-0.4, -0.2) is 25.4 Å². The van der Waals surface area contributed by atoms with Crippen molar-refractivity contribution in [3.63, 3.8) is 0 Å². The van der Waals surface area contributed by atoms with E-state index in [-0.39, 0.29) is 0 Å². The van der Waals surface area contributed by atoms with Crippen LogP contribution < -0.4 is 9.80 Å². The quantitative estimate of drug-likeness (QED) is 0.833. The Balaban J connectivity index is 1.95. The van der Waals surface area contributed by atoms with Gasteiger partial charge in [0.05, 0.1) is 20.3 Å². The number of hydrogen-bond acceptors (Lipinski definition) is 3. The van der Waals surface area contributed by atoms with Crippen LogP contribution in [0.25, 0.3) is 0 Å². The van der Waals surface area contributed by atoms with E-state index in [1.807, 2.05) is 24.7 Å². The highest BCUT2D eigenvalue weighted by atomic mass is 15.4. The van der Waals surface area contributed by atoms with E-state index >= 15 is 0 Å². The fourth-order valence-electron chi connectivity index (χ4n) is 2.19. The Bertz CT molecular complexity index is 659. The minimum Gasteiger partial charge on any atom is -0.340 e. The summed E-state index contributed by atoms with van der Waals surface area (Å²) >= 11 is 0. The van der Waals surface area contributed by atoms with Gasteiger partial charge in [0, 0.05) is 11.8 Å². The Morgan fingerprint density at radius 3 is 2.74 bits per heavy atom. The van der Waals surface area contributed by atoms with Crippen molar-refractivity contribution in [1.82, 2.24) is 9.47 Å². The van der Waals surface area contributed by atoms with Gasteiger partial charge in [-0.15, -0.1) is 0 Å². The van der Waals surface area contributed by atoms with Gasteiger partial charge in [-0.25, -0.2) is 4.98 Å². The van der Waals surface area contributed by atoms with E-state index in [4.69, 9.17) is 0 Å². The van der Waals surface area contributed by atoms with E-state index in [0.717, 1.165) is 22.9 Å². The van der Waals surface area contributed by atoms with Crippen molar-refractivity contribution < 1.29 is 0 Å². The summed E-state index contributed by atoms with van der Waals surface area (Å²) < 4.78 is 0.653. The van der Waals surface area contributed by atoms with Crippen LogP contribution in [0.1, 0.15) is 5.56 Å². The first kappa shape index (κ1) is 11.9. The maximum absolute atomic E-state index is 4.42. The molecule has 0 amide bonds. The standard InChI is InChI=1S/C15H17N4/c1-11-6-4-5-7-12(11)18-15-8-14-13(9-16-15)17-10-19(14,2)3/h4-10H,1-3H3,(H,16,18)/q+1. The molecule has 0 bridgehead atoms. The molecule has 4 nitrogen and oxygen atoms in total. The number of rotatable bonds is 2. The lowest BCUT2D eigenvalue weighted by molar-refractivity contribution is 0.625. The van der Waals surface area contributed by atoms with Crippen molar-refractivity contribution in [1.29, 1.82) is 0 Å². The highest BCUT2D eigenvalue weighted by molar-refractivity contribution is 5.88. The summed E-state index contributed by atoms with van der Waals surface area (Å²) in [6, 6.07) is 10.3. The van der Waals surface area contributed by atoms with Gasteiger partial charge < -0.3 is 5.32 Å². The van der Waals surface area contributed by atoms with Crippen LogP contribution in [0, 0.1) is 6.92 Å². The smallest absolute Gasteiger partial charge is 0.195 e. The number of pyridine rings is 1. The van der Waals surface area contributed by atoms with Crippen molar-refractivity contribution in [2.24, 2.45) is 4.99 Å². The third kappa shape index (κ3) is 2.11. The zero-order valence-corrected chi connectivity index (χ0v) is 11.4. The summed E-state index contributed by atoms with van der Waals surface area (Å²) in [5.74, 6) is 0.852. The van der Waals surface area contributed by atoms with Crippen molar-refractivity contribution in [3.8, 4) is 0 Å². The lowest BCUT2D eigenvalue weighted by atomic mass is 10.2. The van der Waals surface area contributed by atoms with Crippen molar-refractivity contribution in [2.75, 3.05) is 19.4 Å². The molecule has 0 unspecified atom stereocenters. The minimum atomic E-state index is 0.653. The molecule has 4 heteroatoms. The van der Waals surface area contributed by atoms with Crippen LogP contribution in [0.2, 0.25) is 0 Å². The lowest BCUT2D eigenvalue weighted by Gasteiger charge is -2.19. The van der Waals surface area contributed by atoms with E-state index in [9.17, 15) is 0 Å². The monoisotopic (exact) mass is 253 g/mol. The number of hydrogen-bond donors (Lipinski definition) is 1. The summed E-state index contributed by atoms with van der Waals surface area (Å²) in [6.07, 6.45) is 3.74. The molecule has 0 saturated carbocycles. The molecular weight excluding hydrogens is 236 g/mol. The van der Waals surface area contributed by atoms with Gasteiger partial charge in [0.25, 0.3) is 0 Å². The van der Waals surface area contributed by atoms with Crippen molar-refractivity contribution in [3.05, 3.63) is 42.1 Å². The first-order valence-electron chi connectivity index (χ1n) is 6.28. The van der Waals surface area contributed by atoms with E-state index in [0.29, 0.717) is 4.48 Å². The van der Waals surface area contributed by atoms with Gasteiger partial charge in [0.2, 0.25) is 0 Å². The molecule has 2 aromatic rings. The highest BCUT2D eigenvalue weighted by Crippen LogP contribution is 2.36. The molecule has 0 aliphatic carbocycles. The fraction of sp³-hybridized carbons (Fsp3) is 0.200. The molecule has 0 radical (unpaired) electrons. The van der Waals surface area contributed by atoms with Crippen LogP contribution in [-0.2, 0) is 0 Å². The normalized spacial score (nSPS) is 15.3. The zero-order valence-electron chi connectivity index (χ0n) is 11.4. The van der Waals surface area contributed by atoms with Crippen LogP contribution in [0.15, 0.2) is 41.5 Å². The predicted octanol–water partition coefficient (Wildman–Crippen LogP) is 3.37. The third-order valence-electron chi connectivity index (χ3n) is 3.38. The van der Waals surface area contributed by atoms with Crippen LogP contribution in [0.5, 0.6) is 0 Å². The molecule has 0 fully saturated rings. The van der Waals surface area contributed by atoms with Gasteiger partial charge in [-0.05, 0) is 18.6 Å². The average molecular weight is 253 g/mol. The Morgan fingerprint density at radius 1 is 1.16 bits per heavy atom. The zero-order chi connectivity index (χ0) is 13.5. The van der Waals surface area contributed by atoms with Gasteiger partial charge in [-0.2, -0.15) is 4.99 Å². The second-order valence-corrected chi connectivity index (χ2v) is 5.28. The molecule has 2 heterocycles. The minimum absolute atomic E-state index is 0.653. The first-order valence-corrected chi connectivity index (χ1v) is 6.28. The Kier molecular flexibility index (Phi) is 2.61. The van der Waals surface area contributed by atoms with E-state index in [1.165, 1.54) is 5.56 Å². The van der Waals surface area contributed by atoms with Gasteiger partial charge in [-0.3, -0.25) is 4.48 Å². The molecule has 0 spiro atoms. The SMILES string of the molecule is Cc1ccccc1Nc1cc2c(cn1)N=C[N+]2(C)C. The van der Waals surface area contributed by atoms with Gasteiger partial charge >= 0.3 is 0 Å². The molecule has 0 atom stereocenters. The number of nitrogens with one attached hydrogen (secondary N) is 1. The van der Waals surface area contributed by atoms with Crippen LogP contribution >= 0.6 is 0 Å². The van der Waals surface area contributed by atoms with E-state index < -0.39 is 0 Å². The summed E-state index contributed by atoms with van der Waals surface area (Å²) in [4.78, 5) is 8.79. The van der Waals surface area contributed by atoms with Crippen molar-refractivity contribution in [2.45, 2.75) is 6.92 Å². The number of anilines is 2. The number of aliphatic imine (C=N–C) groups is 1. The third-order valence-corrected chi connectivity index (χ3v) is 3.38. The molecule has 1 N–H and O–H groups in total. The number of aryl methyl sites for hydroxylation is 1. The average Bonchev–Trinajstić information content (AvgIpc) is 2.69. The van der Waals surface area contributed by atoms with Crippen molar-refractivity contribution >= 4 is 29.2 Å². The molecule has 0 saturated heterocycles.